The lowest BCUT2D eigenvalue weighted by Crippen LogP contribution is -2.40. The van der Waals surface area contributed by atoms with Gasteiger partial charge in [0.05, 0.1) is 12.5 Å². The van der Waals surface area contributed by atoms with Crippen LogP contribution in [-0.2, 0) is 11.2 Å². The van der Waals surface area contributed by atoms with Crippen LogP contribution in [0.4, 0.5) is 8.78 Å². The van der Waals surface area contributed by atoms with Crippen LogP contribution < -0.4 is 0 Å². The van der Waals surface area contributed by atoms with Crippen LogP contribution in [0.3, 0.4) is 0 Å². The normalized spacial score (nSPS) is 25.0. The van der Waals surface area contributed by atoms with Gasteiger partial charge in [0, 0.05) is 51.3 Å². The maximum absolute atomic E-state index is 13.3. The number of carbonyl (C=O) groups excluding carboxylic acids is 1. The van der Waals surface area contributed by atoms with Crippen LogP contribution in [0, 0.1) is 23.5 Å². The first-order chi connectivity index (χ1) is 12.4. The smallest absolute Gasteiger partial charge is 0.227 e. The maximum atomic E-state index is 13.3. The molecule has 2 N–H and O–H groups in total. The van der Waals surface area contributed by atoms with E-state index in [9.17, 15) is 23.8 Å². The van der Waals surface area contributed by atoms with Crippen molar-refractivity contribution in [3.05, 3.63) is 35.4 Å². The monoisotopic (exact) mass is 368 g/mol. The summed E-state index contributed by atoms with van der Waals surface area (Å²) >= 11 is 0. The van der Waals surface area contributed by atoms with Crippen molar-refractivity contribution in [3.63, 3.8) is 0 Å². The predicted molar refractivity (Wildman–Crippen MR) is 92.4 cm³/mol. The topological polar surface area (TPSA) is 64.0 Å². The lowest BCUT2D eigenvalue weighted by Gasteiger charge is -2.32. The molecule has 2 atom stereocenters. The van der Waals surface area contributed by atoms with E-state index in [2.05, 4.69) is 4.90 Å². The van der Waals surface area contributed by atoms with Gasteiger partial charge in [0.15, 0.2) is 0 Å². The molecule has 0 unspecified atom stereocenters. The highest BCUT2D eigenvalue weighted by Gasteiger charge is 2.36. The van der Waals surface area contributed by atoms with Crippen molar-refractivity contribution >= 4 is 5.91 Å². The Morgan fingerprint density at radius 2 is 1.69 bits per heavy atom. The van der Waals surface area contributed by atoms with Gasteiger partial charge in [0.1, 0.15) is 11.6 Å². The van der Waals surface area contributed by atoms with E-state index in [1.165, 1.54) is 12.1 Å². The van der Waals surface area contributed by atoms with Gasteiger partial charge < -0.3 is 20.0 Å². The standard InChI is InChI=1S/C19H26F2N2O3/c20-16-5-13(6-17(21)8-16)7-19(26)23-10-14(15(11-23)12-24)9-22-3-1-18(25)2-4-22/h5-6,8,14-15,18,24-25H,1-4,7,9-12H2/t14-,15-/m1/s1. The van der Waals surface area contributed by atoms with Gasteiger partial charge in [0.25, 0.3) is 0 Å². The van der Waals surface area contributed by atoms with Crippen LogP contribution in [0.15, 0.2) is 18.2 Å². The molecule has 2 aliphatic rings. The quantitative estimate of drug-likeness (QED) is 0.815. The second-order valence-corrected chi connectivity index (χ2v) is 7.49. The summed E-state index contributed by atoms with van der Waals surface area (Å²) in [5.74, 6) is -1.37. The highest BCUT2D eigenvalue weighted by Crippen LogP contribution is 2.26. The van der Waals surface area contributed by atoms with Crippen LogP contribution in [0.2, 0.25) is 0 Å². The molecule has 1 amide bonds. The molecule has 1 aromatic carbocycles. The van der Waals surface area contributed by atoms with Crippen LogP contribution in [0.25, 0.3) is 0 Å². The van der Waals surface area contributed by atoms with Gasteiger partial charge in [-0.05, 0) is 36.5 Å². The fraction of sp³-hybridized carbons (Fsp3) is 0.632. The van der Waals surface area contributed by atoms with Gasteiger partial charge in [-0.15, -0.1) is 0 Å². The molecular weight excluding hydrogens is 342 g/mol. The SMILES string of the molecule is O=C(Cc1cc(F)cc(F)c1)N1C[C@@H](CN2CCC(O)CC2)[C@@H](CO)C1. The van der Waals surface area contributed by atoms with E-state index >= 15 is 0 Å². The largest absolute Gasteiger partial charge is 0.396 e. The number of benzene rings is 1. The van der Waals surface area contributed by atoms with Crippen molar-refractivity contribution in [2.75, 3.05) is 39.3 Å². The van der Waals surface area contributed by atoms with Crippen LogP contribution in [0.5, 0.6) is 0 Å². The average molecular weight is 368 g/mol. The Morgan fingerprint density at radius 1 is 1.08 bits per heavy atom. The fourth-order valence-electron chi connectivity index (χ4n) is 3.99. The number of hydrogen-bond donors (Lipinski definition) is 2. The minimum Gasteiger partial charge on any atom is -0.396 e. The molecule has 0 saturated carbocycles. The minimum atomic E-state index is -0.687. The Hall–Kier alpha value is -1.57. The third-order valence-corrected chi connectivity index (χ3v) is 5.49. The third-order valence-electron chi connectivity index (χ3n) is 5.49. The zero-order valence-corrected chi connectivity index (χ0v) is 14.8. The molecule has 5 nitrogen and oxygen atoms in total. The van der Waals surface area contributed by atoms with E-state index in [-0.39, 0.29) is 36.9 Å². The first-order valence-corrected chi connectivity index (χ1v) is 9.18. The summed E-state index contributed by atoms with van der Waals surface area (Å²) in [6.07, 6.45) is 1.23. The van der Waals surface area contributed by atoms with Gasteiger partial charge in [-0.1, -0.05) is 0 Å². The van der Waals surface area contributed by atoms with E-state index in [0.29, 0.717) is 18.7 Å². The number of likely N-dealkylation sites (tertiary alicyclic amines) is 2. The Morgan fingerprint density at radius 3 is 2.31 bits per heavy atom. The molecule has 144 valence electrons. The van der Waals surface area contributed by atoms with E-state index in [1.54, 1.807) is 4.90 Å². The second kappa shape index (κ2) is 8.41. The summed E-state index contributed by atoms with van der Waals surface area (Å²) in [7, 11) is 0. The number of hydrogen-bond acceptors (Lipinski definition) is 4. The van der Waals surface area contributed by atoms with Gasteiger partial charge in [-0.3, -0.25) is 4.79 Å². The molecule has 1 aromatic rings. The van der Waals surface area contributed by atoms with Crippen molar-refractivity contribution in [1.29, 1.82) is 0 Å². The van der Waals surface area contributed by atoms with E-state index < -0.39 is 11.6 Å². The van der Waals surface area contributed by atoms with Crippen LogP contribution in [0.1, 0.15) is 18.4 Å². The molecule has 2 heterocycles. The summed E-state index contributed by atoms with van der Waals surface area (Å²) < 4.78 is 26.6. The molecule has 0 aromatic heterocycles. The van der Waals surface area contributed by atoms with Crippen molar-refractivity contribution in [2.45, 2.75) is 25.4 Å². The van der Waals surface area contributed by atoms with E-state index in [1.807, 2.05) is 0 Å². The third kappa shape index (κ3) is 4.78. The molecule has 0 spiro atoms. The second-order valence-electron chi connectivity index (χ2n) is 7.49. The Labute approximate surface area is 152 Å². The molecule has 0 bridgehead atoms. The fourth-order valence-corrected chi connectivity index (χ4v) is 3.99. The summed E-state index contributed by atoms with van der Waals surface area (Å²) in [6, 6.07) is 3.14. The van der Waals surface area contributed by atoms with Gasteiger partial charge in [0.2, 0.25) is 5.91 Å². The molecule has 2 saturated heterocycles. The number of aliphatic hydroxyl groups is 2. The molecule has 2 aliphatic heterocycles. The summed E-state index contributed by atoms with van der Waals surface area (Å²) in [6.45, 7) is 3.46. The highest BCUT2D eigenvalue weighted by atomic mass is 19.1. The van der Waals surface area contributed by atoms with Crippen molar-refractivity contribution in [1.82, 2.24) is 9.80 Å². The van der Waals surface area contributed by atoms with Crippen LogP contribution >= 0.6 is 0 Å². The molecule has 0 aliphatic carbocycles. The summed E-state index contributed by atoms with van der Waals surface area (Å²) in [5, 5.41) is 19.3. The number of nitrogens with zero attached hydrogens (tertiary/aromatic N) is 2. The van der Waals surface area contributed by atoms with Gasteiger partial charge in [-0.2, -0.15) is 0 Å². The molecule has 2 fully saturated rings. The highest BCUT2D eigenvalue weighted by molar-refractivity contribution is 5.79. The Kier molecular flexibility index (Phi) is 6.21. The lowest BCUT2D eigenvalue weighted by molar-refractivity contribution is -0.129. The van der Waals surface area contributed by atoms with Crippen molar-refractivity contribution in [2.24, 2.45) is 11.8 Å². The first kappa shape index (κ1) is 19.2. The Balaban J connectivity index is 1.58. The van der Waals surface area contributed by atoms with Gasteiger partial charge >= 0.3 is 0 Å². The number of halogens is 2. The zero-order valence-electron chi connectivity index (χ0n) is 14.8. The molecule has 26 heavy (non-hydrogen) atoms. The number of carbonyl (C=O) groups is 1. The number of rotatable bonds is 5. The summed E-state index contributed by atoms with van der Waals surface area (Å²) in [5.41, 5.74) is 0.321. The van der Waals surface area contributed by atoms with Crippen molar-refractivity contribution < 1.29 is 23.8 Å². The number of amides is 1. The Bertz CT molecular complexity index is 615. The first-order valence-electron chi connectivity index (χ1n) is 9.18. The van der Waals surface area contributed by atoms with Crippen LogP contribution in [-0.4, -0.2) is 71.4 Å². The predicted octanol–water partition coefficient (Wildman–Crippen LogP) is 1.03. The number of aliphatic hydroxyl groups excluding tert-OH is 2. The molecular formula is C19H26F2N2O3. The minimum absolute atomic E-state index is 0.00930. The van der Waals surface area contributed by atoms with Crippen molar-refractivity contribution in [3.8, 4) is 0 Å². The summed E-state index contributed by atoms with van der Waals surface area (Å²) in [4.78, 5) is 16.5. The zero-order chi connectivity index (χ0) is 18.7. The van der Waals surface area contributed by atoms with E-state index in [4.69, 9.17) is 0 Å². The van der Waals surface area contributed by atoms with E-state index in [0.717, 1.165) is 38.5 Å². The maximum Gasteiger partial charge on any atom is 0.227 e. The lowest BCUT2D eigenvalue weighted by atomic mass is 9.95. The average Bonchev–Trinajstić information content (AvgIpc) is 2.99. The molecule has 3 rings (SSSR count). The van der Waals surface area contributed by atoms with Gasteiger partial charge in [-0.25, -0.2) is 8.78 Å². The molecule has 0 radical (unpaired) electrons. The number of piperidine rings is 1. The molecule has 7 heteroatoms.